The molecule has 1 fully saturated rings. The highest BCUT2D eigenvalue weighted by molar-refractivity contribution is 5.89. The summed E-state index contributed by atoms with van der Waals surface area (Å²) in [5, 5.41) is 9.53. The van der Waals surface area contributed by atoms with Crippen molar-refractivity contribution in [3.8, 4) is 0 Å². The second-order valence-corrected chi connectivity index (χ2v) is 6.01. The summed E-state index contributed by atoms with van der Waals surface area (Å²) in [6.07, 6.45) is 5.73. The van der Waals surface area contributed by atoms with Crippen LogP contribution in [0.4, 0.5) is 0 Å². The van der Waals surface area contributed by atoms with E-state index in [0.29, 0.717) is 18.8 Å². The molecule has 104 valence electrons. The van der Waals surface area contributed by atoms with Gasteiger partial charge in [0.2, 0.25) is 0 Å². The van der Waals surface area contributed by atoms with Crippen molar-refractivity contribution >= 4 is 11.8 Å². The van der Waals surface area contributed by atoms with Gasteiger partial charge >= 0.3 is 5.97 Å². The molecule has 0 aromatic heterocycles. The van der Waals surface area contributed by atoms with Crippen LogP contribution in [-0.4, -0.2) is 16.9 Å². The molecule has 0 heterocycles. The zero-order valence-corrected chi connectivity index (χ0v) is 11.9. The van der Waals surface area contributed by atoms with Crippen molar-refractivity contribution in [2.24, 2.45) is 17.3 Å². The number of rotatable bonds is 6. The van der Waals surface area contributed by atoms with Crippen molar-refractivity contribution in [3.63, 3.8) is 0 Å². The molecule has 0 bridgehead atoms. The first-order valence-electron chi connectivity index (χ1n) is 7.20. The Morgan fingerprint density at radius 2 is 1.72 bits per heavy atom. The first-order valence-corrected chi connectivity index (χ1v) is 7.20. The smallest absolute Gasteiger partial charge is 0.307 e. The number of aliphatic carboxylic acids is 1. The largest absolute Gasteiger partial charge is 0.481 e. The molecule has 3 nitrogen and oxygen atoms in total. The fourth-order valence-electron chi connectivity index (χ4n) is 3.39. The first-order chi connectivity index (χ1) is 8.44. The third-order valence-corrected chi connectivity index (χ3v) is 4.29. The Hall–Kier alpha value is -0.860. The molecule has 0 aromatic carbocycles. The molecule has 1 aliphatic carbocycles. The summed E-state index contributed by atoms with van der Waals surface area (Å²) in [5.74, 6) is -0.803. The van der Waals surface area contributed by atoms with Gasteiger partial charge in [0.05, 0.1) is 5.92 Å². The van der Waals surface area contributed by atoms with Crippen LogP contribution in [0.3, 0.4) is 0 Å². The zero-order chi connectivity index (χ0) is 13.8. The summed E-state index contributed by atoms with van der Waals surface area (Å²) >= 11 is 0. The Kier molecular flexibility index (Phi) is 5.36. The predicted molar refractivity (Wildman–Crippen MR) is 71.4 cm³/mol. The van der Waals surface area contributed by atoms with E-state index in [1.54, 1.807) is 0 Å². The zero-order valence-electron chi connectivity index (χ0n) is 11.9. The maximum absolute atomic E-state index is 12.4. The lowest BCUT2D eigenvalue weighted by Crippen LogP contribution is -2.44. The van der Waals surface area contributed by atoms with Gasteiger partial charge in [0.15, 0.2) is 0 Å². The average molecular weight is 254 g/mol. The summed E-state index contributed by atoms with van der Waals surface area (Å²) in [6, 6.07) is 0. The van der Waals surface area contributed by atoms with E-state index < -0.39 is 17.3 Å². The van der Waals surface area contributed by atoms with E-state index in [1.807, 2.05) is 20.8 Å². The number of hydrogen-bond acceptors (Lipinski definition) is 2. The number of hydrogen-bond donors (Lipinski definition) is 1. The topological polar surface area (TPSA) is 54.4 Å². The molecule has 1 saturated carbocycles. The van der Waals surface area contributed by atoms with Crippen molar-refractivity contribution in [1.82, 2.24) is 0 Å². The van der Waals surface area contributed by atoms with Crippen molar-refractivity contribution in [2.75, 3.05) is 0 Å². The van der Waals surface area contributed by atoms with Gasteiger partial charge in [-0.25, -0.2) is 0 Å². The Morgan fingerprint density at radius 3 is 2.11 bits per heavy atom. The van der Waals surface area contributed by atoms with E-state index in [2.05, 4.69) is 0 Å². The van der Waals surface area contributed by atoms with Crippen LogP contribution in [0.1, 0.15) is 65.7 Å². The highest BCUT2D eigenvalue weighted by atomic mass is 16.4. The maximum atomic E-state index is 12.4. The molecule has 18 heavy (non-hydrogen) atoms. The van der Waals surface area contributed by atoms with E-state index in [-0.39, 0.29) is 5.78 Å². The molecular formula is C15H26O3. The second kappa shape index (κ2) is 6.35. The fraction of sp³-hybridized carbons (Fsp3) is 0.867. The summed E-state index contributed by atoms with van der Waals surface area (Å²) in [4.78, 5) is 24.0. The van der Waals surface area contributed by atoms with Crippen LogP contribution in [0.25, 0.3) is 0 Å². The number of carboxylic acids is 1. The van der Waals surface area contributed by atoms with E-state index in [1.165, 1.54) is 0 Å². The summed E-state index contributed by atoms with van der Waals surface area (Å²) in [6.45, 7) is 5.92. The van der Waals surface area contributed by atoms with Crippen LogP contribution in [0, 0.1) is 17.3 Å². The van der Waals surface area contributed by atoms with Crippen molar-refractivity contribution < 1.29 is 14.7 Å². The van der Waals surface area contributed by atoms with Gasteiger partial charge in [-0.1, -0.05) is 40.0 Å². The number of Topliss-reactive ketones (excluding diaryl/α,β-unsaturated/α-hetero) is 1. The van der Waals surface area contributed by atoms with E-state index in [9.17, 15) is 14.7 Å². The Balaban J connectivity index is 3.04. The van der Waals surface area contributed by atoms with E-state index in [4.69, 9.17) is 0 Å². The monoisotopic (exact) mass is 254 g/mol. The van der Waals surface area contributed by atoms with Crippen LogP contribution in [0.5, 0.6) is 0 Å². The van der Waals surface area contributed by atoms with E-state index >= 15 is 0 Å². The molecule has 1 aliphatic rings. The van der Waals surface area contributed by atoms with Gasteiger partial charge in [-0.3, -0.25) is 9.59 Å². The van der Waals surface area contributed by atoms with Crippen molar-refractivity contribution in [2.45, 2.75) is 65.7 Å². The van der Waals surface area contributed by atoms with E-state index in [0.717, 1.165) is 32.1 Å². The maximum Gasteiger partial charge on any atom is 0.307 e. The minimum absolute atomic E-state index is 0.162. The lowest BCUT2D eigenvalue weighted by atomic mass is 9.61. The van der Waals surface area contributed by atoms with Crippen LogP contribution in [0.15, 0.2) is 0 Å². The number of carbonyl (C=O) groups is 2. The molecule has 1 unspecified atom stereocenters. The highest BCUT2D eigenvalue weighted by Crippen LogP contribution is 2.46. The molecule has 1 rings (SSSR count). The molecule has 0 radical (unpaired) electrons. The van der Waals surface area contributed by atoms with Crippen molar-refractivity contribution in [3.05, 3.63) is 0 Å². The van der Waals surface area contributed by atoms with Crippen LogP contribution < -0.4 is 0 Å². The Labute approximate surface area is 110 Å². The molecule has 3 heteroatoms. The Morgan fingerprint density at radius 1 is 1.17 bits per heavy atom. The second-order valence-electron chi connectivity index (χ2n) is 6.01. The average Bonchev–Trinajstić information content (AvgIpc) is 2.35. The summed E-state index contributed by atoms with van der Waals surface area (Å²) < 4.78 is 0. The molecule has 0 spiro atoms. The minimum atomic E-state index is -0.785. The van der Waals surface area contributed by atoms with Gasteiger partial charge in [0.25, 0.3) is 0 Å². The SMILES string of the molecule is CCC(=O)C1(C(CC(C)C)C(=O)O)CCCCC1. The predicted octanol–water partition coefficient (Wildman–Crippen LogP) is 3.66. The lowest BCUT2D eigenvalue weighted by Gasteiger charge is -2.41. The molecule has 0 aliphatic heterocycles. The normalized spacial score (nSPS) is 20.7. The van der Waals surface area contributed by atoms with Crippen LogP contribution >= 0.6 is 0 Å². The molecule has 1 N–H and O–H groups in total. The quantitative estimate of drug-likeness (QED) is 0.787. The highest BCUT2D eigenvalue weighted by Gasteiger charge is 2.48. The van der Waals surface area contributed by atoms with Gasteiger partial charge in [-0.15, -0.1) is 0 Å². The van der Waals surface area contributed by atoms with Crippen molar-refractivity contribution in [1.29, 1.82) is 0 Å². The molecule has 0 aromatic rings. The van der Waals surface area contributed by atoms with Gasteiger partial charge < -0.3 is 5.11 Å². The third-order valence-electron chi connectivity index (χ3n) is 4.29. The van der Waals surface area contributed by atoms with Gasteiger partial charge in [0.1, 0.15) is 5.78 Å². The Bertz CT molecular complexity index is 301. The number of carbonyl (C=O) groups excluding carboxylic acids is 1. The van der Waals surface area contributed by atoms with Gasteiger partial charge in [-0.05, 0) is 25.2 Å². The van der Waals surface area contributed by atoms with Gasteiger partial charge in [-0.2, -0.15) is 0 Å². The van der Waals surface area contributed by atoms with Gasteiger partial charge in [0, 0.05) is 11.8 Å². The minimum Gasteiger partial charge on any atom is -0.481 e. The summed E-state index contributed by atoms with van der Waals surface area (Å²) in [7, 11) is 0. The molecule has 0 amide bonds. The lowest BCUT2D eigenvalue weighted by molar-refractivity contribution is -0.155. The standard InChI is InChI=1S/C15H26O3/c1-4-13(16)15(8-6-5-7-9-15)12(14(17)18)10-11(2)3/h11-12H,4-10H2,1-3H3,(H,17,18). The molecular weight excluding hydrogens is 228 g/mol. The molecule has 0 saturated heterocycles. The fourth-order valence-corrected chi connectivity index (χ4v) is 3.39. The third kappa shape index (κ3) is 3.12. The molecule has 1 atom stereocenters. The number of carboxylic acid groups (broad SMARTS) is 1. The first kappa shape index (κ1) is 15.2. The summed E-state index contributed by atoms with van der Waals surface area (Å²) in [5.41, 5.74) is -0.580. The number of ketones is 1. The van der Waals surface area contributed by atoms with Crippen LogP contribution in [0.2, 0.25) is 0 Å². The van der Waals surface area contributed by atoms with Crippen LogP contribution in [-0.2, 0) is 9.59 Å².